The summed E-state index contributed by atoms with van der Waals surface area (Å²) >= 11 is 1.70. The molecule has 0 aromatic carbocycles. The molecule has 80 valence electrons. The first-order chi connectivity index (χ1) is 7.40. The largest absolute Gasteiger partial charge is 0.340 e. The summed E-state index contributed by atoms with van der Waals surface area (Å²) in [5, 5.41) is 5.40. The molecule has 0 bridgehead atoms. The Hall–Kier alpha value is -1.13. The van der Waals surface area contributed by atoms with Gasteiger partial charge in [-0.3, -0.25) is 0 Å². The molecule has 0 aliphatic carbocycles. The lowest BCUT2D eigenvalue weighted by atomic mass is 10.4. The molecule has 3 nitrogen and oxygen atoms in total. The highest BCUT2D eigenvalue weighted by Gasteiger charge is 2.03. The van der Waals surface area contributed by atoms with E-state index in [-0.39, 0.29) is 0 Å². The SMILES string of the molecule is CCCNCc1cnc(-c2cccs2)[nH]1. The maximum atomic E-state index is 4.35. The number of imidazole rings is 1. The summed E-state index contributed by atoms with van der Waals surface area (Å²) in [7, 11) is 0. The molecule has 4 heteroatoms. The zero-order valence-corrected chi connectivity index (χ0v) is 9.60. The summed E-state index contributed by atoms with van der Waals surface area (Å²) in [6.45, 7) is 4.08. The average molecular weight is 221 g/mol. The molecule has 0 atom stereocenters. The van der Waals surface area contributed by atoms with Gasteiger partial charge in [0.1, 0.15) is 5.82 Å². The van der Waals surface area contributed by atoms with E-state index in [4.69, 9.17) is 0 Å². The Morgan fingerprint density at radius 3 is 3.20 bits per heavy atom. The molecule has 0 saturated carbocycles. The van der Waals surface area contributed by atoms with E-state index in [9.17, 15) is 0 Å². The zero-order chi connectivity index (χ0) is 10.5. The quantitative estimate of drug-likeness (QED) is 0.762. The van der Waals surface area contributed by atoms with E-state index in [0.29, 0.717) is 0 Å². The minimum absolute atomic E-state index is 0.867. The molecule has 2 aromatic heterocycles. The number of thiophene rings is 1. The van der Waals surface area contributed by atoms with Crippen LogP contribution in [-0.4, -0.2) is 16.5 Å². The lowest BCUT2D eigenvalue weighted by Crippen LogP contribution is -2.13. The molecular formula is C11H15N3S. The van der Waals surface area contributed by atoms with Crippen LogP contribution in [0.2, 0.25) is 0 Å². The molecule has 0 aliphatic heterocycles. The summed E-state index contributed by atoms with van der Waals surface area (Å²) in [5.41, 5.74) is 1.15. The van der Waals surface area contributed by atoms with Crippen LogP contribution in [-0.2, 0) is 6.54 Å². The Labute approximate surface area is 93.6 Å². The van der Waals surface area contributed by atoms with E-state index in [1.165, 1.54) is 4.88 Å². The second-order valence-electron chi connectivity index (χ2n) is 3.41. The Bertz CT molecular complexity index is 392. The van der Waals surface area contributed by atoms with Gasteiger partial charge in [-0.15, -0.1) is 11.3 Å². The van der Waals surface area contributed by atoms with E-state index in [1.54, 1.807) is 11.3 Å². The number of hydrogen-bond acceptors (Lipinski definition) is 3. The molecule has 15 heavy (non-hydrogen) atoms. The summed E-state index contributed by atoms with van der Waals surface area (Å²) in [4.78, 5) is 8.85. The van der Waals surface area contributed by atoms with Gasteiger partial charge in [-0.2, -0.15) is 0 Å². The van der Waals surface area contributed by atoms with Gasteiger partial charge in [-0.25, -0.2) is 4.98 Å². The fourth-order valence-electron chi connectivity index (χ4n) is 1.39. The number of H-pyrrole nitrogens is 1. The molecular weight excluding hydrogens is 206 g/mol. The van der Waals surface area contributed by atoms with Crippen molar-refractivity contribution in [2.45, 2.75) is 19.9 Å². The topological polar surface area (TPSA) is 40.7 Å². The van der Waals surface area contributed by atoms with E-state index in [0.717, 1.165) is 31.0 Å². The molecule has 0 aliphatic rings. The number of nitrogens with zero attached hydrogens (tertiary/aromatic N) is 1. The highest BCUT2D eigenvalue weighted by molar-refractivity contribution is 7.13. The van der Waals surface area contributed by atoms with Gasteiger partial charge in [0.15, 0.2) is 0 Å². The maximum Gasteiger partial charge on any atom is 0.147 e. The van der Waals surface area contributed by atoms with Gasteiger partial charge in [0, 0.05) is 18.4 Å². The third-order valence-corrected chi connectivity index (χ3v) is 3.00. The average Bonchev–Trinajstić information content (AvgIpc) is 2.87. The molecule has 0 fully saturated rings. The molecule has 2 rings (SSSR count). The maximum absolute atomic E-state index is 4.35. The van der Waals surface area contributed by atoms with Crippen molar-refractivity contribution >= 4 is 11.3 Å². The van der Waals surface area contributed by atoms with Crippen LogP contribution in [0.15, 0.2) is 23.7 Å². The summed E-state index contributed by atoms with van der Waals surface area (Å²) < 4.78 is 0. The van der Waals surface area contributed by atoms with Crippen LogP contribution in [0.4, 0.5) is 0 Å². The van der Waals surface area contributed by atoms with E-state index in [1.807, 2.05) is 12.3 Å². The predicted octanol–water partition coefficient (Wildman–Crippen LogP) is 2.64. The van der Waals surface area contributed by atoms with Gasteiger partial charge in [0.25, 0.3) is 0 Å². The monoisotopic (exact) mass is 221 g/mol. The van der Waals surface area contributed by atoms with Crippen molar-refractivity contribution in [2.24, 2.45) is 0 Å². The first-order valence-corrected chi connectivity index (χ1v) is 6.06. The van der Waals surface area contributed by atoms with Gasteiger partial charge in [0.2, 0.25) is 0 Å². The van der Waals surface area contributed by atoms with Gasteiger partial charge >= 0.3 is 0 Å². The van der Waals surface area contributed by atoms with Crippen molar-refractivity contribution in [2.75, 3.05) is 6.54 Å². The fourth-order valence-corrected chi connectivity index (χ4v) is 2.06. The van der Waals surface area contributed by atoms with E-state index in [2.05, 4.69) is 33.7 Å². The van der Waals surface area contributed by atoms with Crippen molar-refractivity contribution in [3.8, 4) is 10.7 Å². The van der Waals surface area contributed by atoms with Crippen LogP contribution in [0, 0.1) is 0 Å². The van der Waals surface area contributed by atoms with Crippen molar-refractivity contribution in [1.82, 2.24) is 15.3 Å². The summed E-state index contributed by atoms with van der Waals surface area (Å²) in [6, 6.07) is 4.12. The summed E-state index contributed by atoms with van der Waals surface area (Å²) in [5.74, 6) is 0.971. The molecule has 0 radical (unpaired) electrons. The van der Waals surface area contributed by atoms with Crippen molar-refractivity contribution in [1.29, 1.82) is 0 Å². The molecule has 0 saturated heterocycles. The van der Waals surface area contributed by atoms with Gasteiger partial charge in [-0.1, -0.05) is 13.0 Å². The Kier molecular flexibility index (Phi) is 3.53. The van der Waals surface area contributed by atoms with Crippen molar-refractivity contribution < 1.29 is 0 Å². The van der Waals surface area contributed by atoms with Gasteiger partial charge < -0.3 is 10.3 Å². The normalized spacial score (nSPS) is 10.7. The van der Waals surface area contributed by atoms with Crippen LogP contribution >= 0.6 is 11.3 Å². The third kappa shape index (κ3) is 2.67. The van der Waals surface area contributed by atoms with Crippen LogP contribution in [0.25, 0.3) is 10.7 Å². The Morgan fingerprint density at radius 2 is 2.47 bits per heavy atom. The van der Waals surface area contributed by atoms with Crippen LogP contribution in [0.1, 0.15) is 19.0 Å². The van der Waals surface area contributed by atoms with Crippen molar-refractivity contribution in [3.05, 3.63) is 29.4 Å². The molecule has 0 spiro atoms. The second-order valence-corrected chi connectivity index (χ2v) is 4.36. The number of rotatable bonds is 5. The minimum atomic E-state index is 0.867. The second kappa shape index (κ2) is 5.09. The van der Waals surface area contributed by atoms with E-state index >= 15 is 0 Å². The number of aromatic nitrogens is 2. The number of aromatic amines is 1. The molecule has 0 unspecified atom stereocenters. The van der Waals surface area contributed by atoms with Crippen LogP contribution in [0.3, 0.4) is 0 Å². The minimum Gasteiger partial charge on any atom is -0.340 e. The van der Waals surface area contributed by atoms with Crippen molar-refractivity contribution in [3.63, 3.8) is 0 Å². The Morgan fingerprint density at radius 1 is 1.53 bits per heavy atom. The van der Waals surface area contributed by atoms with Crippen LogP contribution in [0.5, 0.6) is 0 Å². The summed E-state index contributed by atoms with van der Waals surface area (Å²) in [6.07, 6.45) is 3.06. The third-order valence-electron chi connectivity index (χ3n) is 2.13. The number of nitrogens with one attached hydrogen (secondary N) is 2. The highest BCUT2D eigenvalue weighted by atomic mass is 32.1. The fraction of sp³-hybridized carbons (Fsp3) is 0.364. The van der Waals surface area contributed by atoms with Gasteiger partial charge in [0.05, 0.1) is 4.88 Å². The van der Waals surface area contributed by atoms with E-state index < -0.39 is 0 Å². The van der Waals surface area contributed by atoms with Gasteiger partial charge in [-0.05, 0) is 24.4 Å². The molecule has 2 N–H and O–H groups in total. The van der Waals surface area contributed by atoms with Crippen LogP contribution < -0.4 is 5.32 Å². The Balaban J connectivity index is 1.98. The zero-order valence-electron chi connectivity index (χ0n) is 8.79. The smallest absolute Gasteiger partial charge is 0.147 e. The standard InChI is InChI=1S/C11H15N3S/c1-2-5-12-7-9-8-13-11(14-9)10-4-3-6-15-10/h3-4,6,8,12H,2,5,7H2,1H3,(H,13,14). The lowest BCUT2D eigenvalue weighted by Gasteiger charge is -1.98. The molecule has 2 heterocycles. The first-order valence-electron chi connectivity index (χ1n) is 5.18. The lowest BCUT2D eigenvalue weighted by molar-refractivity contribution is 0.667. The predicted molar refractivity (Wildman–Crippen MR) is 63.9 cm³/mol. The first kappa shape index (κ1) is 10.4. The molecule has 0 amide bonds. The highest BCUT2D eigenvalue weighted by Crippen LogP contribution is 2.20. The molecule has 2 aromatic rings. The number of hydrogen-bond donors (Lipinski definition) is 2.